The molecule has 3 rings (SSSR count). The molecule has 0 aliphatic carbocycles. The fraction of sp³-hybridized carbons (Fsp3) is 0.208. The second-order valence-corrected chi connectivity index (χ2v) is 7.22. The van der Waals surface area contributed by atoms with Gasteiger partial charge in [-0.25, -0.2) is 4.79 Å². The summed E-state index contributed by atoms with van der Waals surface area (Å²) in [4.78, 5) is 11.3. The average Bonchev–Trinajstić information content (AvgIpc) is 2.73. The number of hydrogen-bond donors (Lipinski definition) is 2. The SMILES string of the molecule is CCOc1cccc(CNc2cc(C(=O)O)ccc2C)c1OCc1ccc(Cl)cc1. The van der Waals surface area contributed by atoms with E-state index in [9.17, 15) is 9.90 Å². The van der Waals surface area contributed by atoms with Crippen LogP contribution < -0.4 is 14.8 Å². The van der Waals surface area contributed by atoms with Crippen molar-refractivity contribution in [3.05, 3.63) is 87.9 Å². The van der Waals surface area contributed by atoms with Gasteiger partial charge in [-0.1, -0.05) is 41.9 Å². The summed E-state index contributed by atoms with van der Waals surface area (Å²) in [6, 6.07) is 18.3. The van der Waals surface area contributed by atoms with Gasteiger partial charge in [-0.2, -0.15) is 0 Å². The van der Waals surface area contributed by atoms with Gasteiger partial charge < -0.3 is 19.9 Å². The summed E-state index contributed by atoms with van der Waals surface area (Å²) >= 11 is 5.96. The normalized spacial score (nSPS) is 10.5. The van der Waals surface area contributed by atoms with Crippen LogP contribution in [0.2, 0.25) is 5.02 Å². The number of halogens is 1. The molecule has 30 heavy (non-hydrogen) atoms. The number of carboxylic acid groups (broad SMARTS) is 1. The van der Waals surface area contributed by atoms with Gasteiger partial charge in [0.15, 0.2) is 11.5 Å². The fourth-order valence-corrected chi connectivity index (χ4v) is 3.13. The van der Waals surface area contributed by atoms with E-state index >= 15 is 0 Å². The minimum Gasteiger partial charge on any atom is -0.490 e. The first-order valence-corrected chi connectivity index (χ1v) is 10.1. The molecule has 6 heteroatoms. The Morgan fingerprint density at radius 2 is 1.83 bits per heavy atom. The van der Waals surface area contributed by atoms with Crippen LogP contribution in [0, 0.1) is 6.92 Å². The van der Waals surface area contributed by atoms with Crippen LogP contribution in [-0.2, 0) is 13.2 Å². The summed E-state index contributed by atoms with van der Waals surface area (Å²) < 4.78 is 11.9. The van der Waals surface area contributed by atoms with Crippen LogP contribution in [0.15, 0.2) is 60.7 Å². The number of aryl methyl sites for hydroxylation is 1. The number of nitrogens with one attached hydrogen (secondary N) is 1. The molecule has 3 aromatic carbocycles. The highest BCUT2D eigenvalue weighted by Crippen LogP contribution is 2.33. The Hall–Kier alpha value is -3.18. The molecule has 5 nitrogen and oxygen atoms in total. The molecule has 0 bridgehead atoms. The Morgan fingerprint density at radius 3 is 2.53 bits per heavy atom. The van der Waals surface area contributed by atoms with Crippen molar-refractivity contribution < 1.29 is 19.4 Å². The topological polar surface area (TPSA) is 67.8 Å². The second kappa shape index (κ2) is 10.0. The van der Waals surface area contributed by atoms with E-state index in [0.717, 1.165) is 22.4 Å². The van der Waals surface area contributed by atoms with Crippen molar-refractivity contribution in [2.24, 2.45) is 0 Å². The van der Waals surface area contributed by atoms with E-state index in [-0.39, 0.29) is 5.56 Å². The standard InChI is InChI=1S/C24H24ClNO4/c1-3-29-22-6-4-5-19(23(22)30-15-17-8-11-20(25)12-9-17)14-26-21-13-18(24(27)28)10-7-16(21)2/h4-13,26H,3,14-15H2,1-2H3,(H,27,28). The van der Waals surface area contributed by atoms with Gasteiger partial charge in [0, 0.05) is 22.8 Å². The highest BCUT2D eigenvalue weighted by molar-refractivity contribution is 6.30. The lowest BCUT2D eigenvalue weighted by atomic mass is 10.1. The Labute approximate surface area is 181 Å². The molecular formula is C24H24ClNO4. The highest BCUT2D eigenvalue weighted by atomic mass is 35.5. The lowest BCUT2D eigenvalue weighted by Crippen LogP contribution is -2.07. The largest absolute Gasteiger partial charge is 0.490 e. The average molecular weight is 426 g/mol. The molecule has 0 fully saturated rings. The van der Waals surface area contributed by atoms with Crippen molar-refractivity contribution in [1.29, 1.82) is 0 Å². The fourth-order valence-electron chi connectivity index (χ4n) is 3.01. The summed E-state index contributed by atoms with van der Waals surface area (Å²) in [6.07, 6.45) is 0. The van der Waals surface area contributed by atoms with E-state index in [2.05, 4.69) is 5.32 Å². The number of benzene rings is 3. The van der Waals surface area contributed by atoms with Crippen molar-refractivity contribution in [2.75, 3.05) is 11.9 Å². The minimum absolute atomic E-state index is 0.241. The number of rotatable bonds is 9. The molecule has 0 amide bonds. The lowest BCUT2D eigenvalue weighted by Gasteiger charge is -2.17. The first-order chi connectivity index (χ1) is 14.5. The van der Waals surface area contributed by atoms with E-state index in [4.69, 9.17) is 21.1 Å². The molecular weight excluding hydrogens is 402 g/mol. The summed E-state index contributed by atoms with van der Waals surface area (Å²) in [5.74, 6) is 0.374. The zero-order valence-electron chi connectivity index (χ0n) is 16.9. The third kappa shape index (κ3) is 5.45. The summed E-state index contributed by atoms with van der Waals surface area (Å²) in [5.41, 5.74) is 3.87. The van der Waals surface area contributed by atoms with Crippen LogP contribution in [-0.4, -0.2) is 17.7 Å². The molecule has 0 radical (unpaired) electrons. The van der Waals surface area contributed by atoms with Crippen LogP contribution in [0.3, 0.4) is 0 Å². The predicted octanol–water partition coefficient (Wildman–Crippen LogP) is 5.94. The van der Waals surface area contributed by atoms with E-state index in [1.165, 1.54) is 0 Å². The Morgan fingerprint density at radius 1 is 1.07 bits per heavy atom. The van der Waals surface area contributed by atoms with Crippen LogP contribution >= 0.6 is 11.6 Å². The maximum atomic E-state index is 11.3. The molecule has 0 saturated carbocycles. The number of carbonyl (C=O) groups is 1. The summed E-state index contributed by atoms with van der Waals surface area (Å²) in [7, 11) is 0. The van der Waals surface area contributed by atoms with Crippen LogP contribution in [0.1, 0.15) is 34.0 Å². The van der Waals surface area contributed by atoms with E-state index in [1.54, 1.807) is 18.2 Å². The van der Waals surface area contributed by atoms with Gasteiger partial charge in [0.1, 0.15) is 6.61 Å². The molecule has 0 aliphatic rings. The maximum absolute atomic E-state index is 11.3. The Kier molecular flexibility index (Phi) is 7.20. The molecule has 0 spiro atoms. The van der Waals surface area contributed by atoms with E-state index < -0.39 is 5.97 Å². The molecule has 0 aliphatic heterocycles. The first kappa shape index (κ1) is 21.5. The molecule has 0 heterocycles. The van der Waals surface area contributed by atoms with Gasteiger partial charge in [0.2, 0.25) is 0 Å². The van der Waals surface area contributed by atoms with Crippen LogP contribution in [0.4, 0.5) is 5.69 Å². The summed E-state index contributed by atoms with van der Waals surface area (Å²) in [5, 5.41) is 13.2. The number of carboxylic acids is 1. The molecule has 0 saturated heterocycles. The Bertz CT molecular complexity index is 1020. The Balaban J connectivity index is 1.81. The molecule has 0 atom stereocenters. The van der Waals surface area contributed by atoms with Crippen molar-refractivity contribution in [2.45, 2.75) is 27.0 Å². The second-order valence-electron chi connectivity index (χ2n) is 6.78. The van der Waals surface area contributed by atoms with E-state index in [1.807, 2.05) is 56.3 Å². The predicted molar refractivity (Wildman–Crippen MR) is 119 cm³/mol. The van der Waals surface area contributed by atoms with Crippen molar-refractivity contribution in [1.82, 2.24) is 0 Å². The first-order valence-electron chi connectivity index (χ1n) is 9.67. The van der Waals surface area contributed by atoms with Crippen LogP contribution in [0.25, 0.3) is 0 Å². The van der Waals surface area contributed by atoms with E-state index in [0.29, 0.717) is 36.3 Å². The zero-order valence-corrected chi connectivity index (χ0v) is 17.7. The monoisotopic (exact) mass is 425 g/mol. The summed E-state index contributed by atoms with van der Waals surface area (Å²) in [6.45, 7) is 5.22. The number of hydrogen-bond acceptors (Lipinski definition) is 4. The molecule has 0 unspecified atom stereocenters. The number of anilines is 1. The van der Waals surface area contributed by atoms with Crippen LogP contribution in [0.5, 0.6) is 11.5 Å². The molecule has 0 aromatic heterocycles. The number of ether oxygens (including phenoxy) is 2. The maximum Gasteiger partial charge on any atom is 0.335 e. The van der Waals surface area contributed by atoms with Gasteiger partial charge in [-0.15, -0.1) is 0 Å². The van der Waals surface area contributed by atoms with Crippen molar-refractivity contribution >= 4 is 23.3 Å². The minimum atomic E-state index is -0.955. The molecule has 3 aromatic rings. The van der Waals surface area contributed by atoms with Crippen molar-refractivity contribution in [3.63, 3.8) is 0 Å². The third-order valence-corrected chi connectivity index (χ3v) is 4.86. The molecule has 156 valence electrons. The lowest BCUT2D eigenvalue weighted by molar-refractivity contribution is 0.0697. The van der Waals surface area contributed by atoms with Gasteiger partial charge in [0.05, 0.1) is 12.2 Å². The third-order valence-electron chi connectivity index (χ3n) is 4.61. The van der Waals surface area contributed by atoms with Gasteiger partial charge in [-0.3, -0.25) is 0 Å². The number of aromatic carboxylic acids is 1. The highest BCUT2D eigenvalue weighted by Gasteiger charge is 2.13. The quantitative estimate of drug-likeness (QED) is 0.444. The smallest absolute Gasteiger partial charge is 0.335 e. The van der Waals surface area contributed by atoms with Crippen molar-refractivity contribution in [3.8, 4) is 11.5 Å². The number of para-hydroxylation sites is 1. The van der Waals surface area contributed by atoms with Gasteiger partial charge >= 0.3 is 5.97 Å². The van der Waals surface area contributed by atoms with Gasteiger partial charge in [-0.05, 0) is 55.3 Å². The zero-order chi connectivity index (χ0) is 21.5. The van der Waals surface area contributed by atoms with Gasteiger partial charge in [0.25, 0.3) is 0 Å². The molecule has 2 N–H and O–H groups in total.